The second-order valence-corrected chi connectivity index (χ2v) is 7.52. The van der Waals surface area contributed by atoms with Gasteiger partial charge in [0.05, 0.1) is 35.4 Å². The van der Waals surface area contributed by atoms with Gasteiger partial charge in [0.2, 0.25) is 0 Å². The third-order valence-corrected chi connectivity index (χ3v) is 5.65. The summed E-state index contributed by atoms with van der Waals surface area (Å²) in [7, 11) is 1.89. The van der Waals surface area contributed by atoms with Crippen molar-refractivity contribution in [3.8, 4) is 17.5 Å². The molecule has 0 unspecified atom stereocenters. The Labute approximate surface area is 168 Å². The molecule has 144 valence electrons. The summed E-state index contributed by atoms with van der Waals surface area (Å²) in [6.45, 7) is 4.04. The van der Waals surface area contributed by atoms with Crippen molar-refractivity contribution in [2.45, 2.75) is 32.8 Å². The normalized spacial score (nSPS) is 15.4. The number of pyridine rings is 1. The van der Waals surface area contributed by atoms with Crippen molar-refractivity contribution in [2.75, 3.05) is 0 Å². The molecule has 3 heterocycles. The zero-order chi connectivity index (χ0) is 20.1. The molecule has 7 nitrogen and oxygen atoms in total. The lowest BCUT2D eigenvalue weighted by Gasteiger charge is -2.17. The SMILES string of the molecule is Cc1cc2cnn(-c3cnn(C)c3)c2cc1O[C@@H]1CCc2c1ncc(C#N)c2C. The number of aryl methyl sites for hydroxylation is 2. The Morgan fingerprint density at radius 1 is 1.17 bits per heavy atom. The summed E-state index contributed by atoms with van der Waals surface area (Å²) in [5, 5.41) is 19.1. The summed E-state index contributed by atoms with van der Waals surface area (Å²) in [6, 6.07) is 6.36. The van der Waals surface area contributed by atoms with Crippen LogP contribution in [0.1, 0.15) is 40.5 Å². The first-order valence-electron chi connectivity index (χ1n) is 9.57. The average molecular weight is 384 g/mol. The fourth-order valence-corrected chi connectivity index (χ4v) is 4.07. The Kier molecular flexibility index (Phi) is 3.88. The third kappa shape index (κ3) is 2.76. The van der Waals surface area contributed by atoms with E-state index in [1.54, 1.807) is 17.1 Å². The van der Waals surface area contributed by atoms with Gasteiger partial charge < -0.3 is 4.74 Å². The largest absolute Gasteiger partial charge is 0.484 e. The van der Waals surface area contributed by atoms with Crippen LogP contribution in [0.15, 0.2) is 36.9 Å². The summed E-state index contributed by atoms with van der Waals surface area (Å²) in [6.07, 6.45) is 8.86. The van der Waals surface area contributed by atoms with Gasteiger partial charge in [-0.05, 0) is 49.4 Å². The zero-order valence-electron chi connectivity index (χ0n) is 16.5. The van der Waals surface area contributed by atoms with Gasteiger partial charge in [0.25, 0.3) is 0 Å². The van der Waals surface area contributed by atoms with Crippen LogP contribution in [-0.2, 0) is 13.5 Å². The molecule has 0 N–H and O–H groups in total. The number of nitrogens with zero attached hydrogens (tertiary/aromatic N) is 6. The molecule has 1 atom stereocenters. The summed E-state index contributed by atoms with van der Waals surface area (Å²) in [4.78, 5) is 4.54. The molecule has 0 spiro atoms. The minimum absolute atomic E-state index is 0.109. The third-order valence-electron chi connectivity index (χ3n) is 5.65. The molecular weight excluding hydrogens is 364 g/mol. The van der Waals surface area contributed by atoms with Crippen molar-refractivity contribution in [2.24, 2.45) is 7.05 Å². The van der Waals surface area contributed by atoms with E-state index in [0.29, 0.717) is 5.56 Å². The smallest absolute Gasteiger partial charge is 0.141 e. The van der Waals surface area contributed by atoms with Gasteiger partial charge >= 0.3 is 0 Å². The van der Waals surface area contributed by atoms with Gasteiger partial charge in [-0.2, -0.15) is 15.5 Å². The Balaban J connectivity index is 1.53. The Morgan fingerprint density at radius 3 is 2.79 bits per heavy atom. The molecule has 3 aromatic heterocycles. The molecule has 0 saturated carbocycles. The summed E-state index contributed by atoms with van der Waals surface area (Å²) in [5.74, 6) is 0.824. The molecule has 0 amide bonds. The highest BCUT2D eigenvalue weighted by Crippen LogP contribution is 2.38. The standard InChI is InChI=1S/C22H20N6O/c1-13-6-15-10-26-28(17-11-25-27(3)12-17)19(15)7-21(13)29-20-5-4-18-14(2)16(8-23)9-24-22(18)20/h6-7,9-12,20H,4-5H2,1-3H3/t20-/m1/s1. The highest BCUT2D eigenvalue weighted by molar-refractivity contribution is 5.83. The lowest BCUT2D eigenvalue weighted by molar-refractivity contribution is 0.202. The van der Waals surface area contributed by atoms with E-state index >= 15 is 0 Å². The zero-order valence-corrected chi connectivity index (χ0v) is 16.5. The fraction of sp³-hybridized carbons (Fsp3) is 0.273. The van der Waals surface area contributed by atoms with Crippen LogP contribution >= 0.6 is 0 Å². The molecule has 5 rings (SSSR count). The molecule has 1 aliphatic rings. The molecule has 0 aliphatic heterocycles. The quantitative estimate of drug-likeness (QED) is 0.538. The summed E-state index contributed by atoms with van der Waals surface area (Å²) in [5.41, 5.74) is 6.69. The molecule has 0 fully saturated rings. The number of nitriles is 1. The van der Waals surface area contributed by atoms with Gasteiger partial charge in [-0.1, -0.05) is 0 Å². The first kappa shape index (κ1) is 17.4. The van der Waals surface area contributed by atoms with E-state index in [1.165, 1.54) is 0 Å². The predicted octanol–water partition coefficient (Wildman–Crippen LogP) is 3.71. The van der Waals surface area contributed by atoms with Crippen molar-refractivity contribution in [3.63, 3.8) is 0 Å². The highest BCUT2D eigenvalue weighted by atomic mass is 16.5. The monoisotopic (exact) mass is 384 g/mol. The maximum Gasteiger partial charge on any atom is 0.141 e. The lowest BCUT2D eigenvalue weighted by Crippen LogP contribution is -2.07. The van der Waals surface area contributed by atoms with Crippen molar-refractivity contribution in [3.05, 3.63) is 64.9 Å². The first-order chi connectivity index (χ1) is 14.0. The molecule has 0 saturated heterocycles. The molecule has 0 radical (unpaired) electrons. The number of ether oxygens (including phenoxy) is 1. The molecule has 0 bridgehead atoms. The van der Waals surface area contributed by atoms with Gasteiger partial charge in [0, 0.05) is 24.7 Å². The highest BCUT2D eigenvalue weighted by Gasteiger charge is 2.28. The predicted molar refractivity (Wildman–Crippen MR) is 108 cm³/mol. The van der Waals surface area contributed by atoms with Crippen molar-refractivity contribution >= 4 is 10.9 Å². The van der Waals surface area contributed by atoms with E-state index in [2.05, 4.69) is 27.3 Å². The molecule has 1 aliphatic carbocycles. The maximum atomic E-state index is 9.25. The summed E-state index contributed by atoms with van der Waals surface area (Å²) >= 11 is 0. The second-order valence-electron chi connectivity index (χ2n) is 7.52. The van der Waals surface area contributed by atoms with Gasteiger partial charge in [-0.3, -0.25) is 9.67 Å². The van der Waals surface area contributed by atoms with Gasteiger partial charge in [-0.15, -0.1) is 0 Å². The van der Waals surface area contributed by atoms with E-state index in [0.717, 1.165) is 57.6 Å². The van der Waals surface area contributed by atoms with Crippen LogP contribution in [-0.4, -0.2) is 24.5 Å². The Morgan fingerprint density at radius 2 is 2.03 bits per heavy atom. The molecular formula is C22H20N6O. The van der Waals surface area contributed by atoms with Gasteiger partial charge in [0.15, 0.2) is 0 Å². The second kappa shape index (κ2) is 6.45. The summed E-state index contributed by atoms with van der Waals surface area (Å²) < 4.78 is 10.1. The number of hydrogen-bond donors (Lipinski definition) is 0. The van der Waals surface area contributed by atoms with Gasteiger partial charge in [-0.25, -0.2) is 4.68 Å². The number of rotatable bonds is 3. The van der Waals surface area contributed by atoms with Crippen LogP contribution in [0.5, 0.6) is 5.75 Å². The van der Waals surface area contributed by atoms with Crippen LogP contribution in [0.3, 0.4) is 0 Å². The topological polar surface area (TPSA) is 81.6 Å². The van der Waals surface area contributed by atoms with E-state index in [9.17, 15) is 5.26 Å². The minimum Gasteiger partial charge on any atom is -0.484 e. The fourth-order valence-electron chi connectivity index (χ4n) is 4.07. The Hall–Kier alpha value is -3.66. The van der Waals surface area contributed by atoms with Crippen molar-refractivity contribution in [1.29, 1.82) is 5.26 Å². The van der Waals surface area contributed by atoms with E-state index in [-0.39, 0.29) is 6.10 Å². The average Bonchev–Trinajstić information content (AvgIpc) is 3.41. The number of hydrogen-bond acceptors (Lipinski definition) is 5. The lowest BCUT2D eigenvalue weighted by atomic mass is 10.0. The van der Waals surface area contributed by atoms with E-state index in [1.807, 2.05) is 44.0 Å². The number of fused-ring (bicyclic) bond motifs is 2. The molecule has 4 aromatic rings. The van der Waals surface area contributed by atoms with Gasteiger partial charge in [0.1, 0.15) is 23.6 Å². The first-order valence-corrected chi connectivity index (χ1v) is 9.57. The van der Waals surface area contributed by atoms with Crippen molar-refractivity contribution < 1.29 is 4.74 Å². The maximum absolute atomic E-state index is 9.25. The van der Waals surface area contributed by atoms with Crippen molar-refractivity contribution in [1.82, 2.24) is 24.5 Å². The van der Waals surface area contributed by atoms with Crippen LogP contribution in [0.25, 0.3) is 16.6 Å². The van der Waals surface area contributed by atoms with Crippen LogP contribution in [0.2, 0.25) is 0 Å². The number of aromatic nitrogens is 5. The molecule has 29 heavy (non-hydrogen) atoms. The Bertz CT molecular complexity index is 1290. The van der Waals surface area contributed by atoms with Crippen LogP contribution in [0.4, 0.5) is 0 Å². The number of benzene rings is 1. The van der Waals surface area contributed by atoms with E-state index < -0.39 is 0 Å². The van der Waals surface area contributed by atoms with Crippen LogP contribution in [0, 0.1) is 25.2 Å². The van der Waals surface area contributed by atoms with Crippen LogP contribution < -0.4 is 4.74 Å². The minimum atomic E-state index is -0.109. The van der Waals surface area contributed by atoms with E-state index in [4.69, 9.17) is 4.74 Å². The molecule has 1 aromatic carbocycles. The molecule has 7 heteroatoms.